The van der Waals surface area contributed by atoms with E-state index in [0.717, 1.165) is 17.9 Å². The second kappa shape index (κ2) is 5.85. The van der Waals surface area contributed by atoms with Crippen molar-refractivity contribution >= 4 is 5.82 Å². The van der Waals surface area contributed by atoms with E-state index in [0.29, 0.717) is 0 Å². The Hall–Kier alpha value is -1.87. The molecule has 0 aliphatic carbocycles. The van der Waals surface area contributed by atoms with Gasteiger partial charge in [-0.25, -0.2) is 4.98 Å². The topological polar surface area (TPSA) is 42.2 Å². The molecule has 1 aromatic heterocycles. The molecule has 100 valence electrons. The molecule has 0 fully saturated rings. The third kappa shape index (κ3) is 3.12. The lowest BCUT2D eigenvalue weighted by molar-refractivity contribution is 0.787. The summed E-state index contributed by atoms with van der Waals surface area (Å²) in [5.74, 6) is 0.959. The summed E-state index contributed by atoms with van der Waals surface area (Å²) >= 11 is 0. The van der Waals surface area contributed by atoms with Gasteiger partial charge >= 0.3 is 0 Å². The zero-order valence-corrected chi connectivity index (χ0v) is 11.8. The zero-order valence-electron chi connectivity index (χ0n) is 11.8. The van der Waals surface area contributed by atoms with E-state index in [-0.39, 0.29) is 6.04 Å². The number of nitrogens with zero attached hydrogens (tertiary/aromatic N) is 2. The number of aryl methyl sites for hydroxylation is 1. The summed E-state index contributed by atoms with van der Waals surface area (Å²) in [6.45, 7) is 4.96. The summed E-state index contributed by atoms with van der Waals surface area (Å²) in [4.78, 5) is 6.63. The van der Waals surface area contributed by atoms with Crippen molar-refractivity contribution in [2.75, 3.05) is 11.9 Å². The second-order valence-electron chi connectivity index (χ2n) is 4.99. The molecule has 0 radical (unpaired) electrons. The minimum atomic E-state index is -0.0111. The largest absolute Gasteiger partial charge is 0.355 e. The molecule has 1 aromatic carbocycles. The number of nitrogens with two attached hydrogens (primary N) is 1. The van der Waals surface area contributed by atoms with Gasteiger partial charge < -0.3 is 10.6 Å². The van der Waals surface area contributed by atoms with E-state index in [9.17, 15) is 0 Å². The fraction of sp³-hybridized carbons (Fsp3) is 0.312. The molecular weight excluding hydrogens is 234 g/mol. The van der Waals surface area contributed by atoms with Gasteiger partial charge in [0.25, 0.3) is 0 Å². The van der Waals surface area contributed by atoms with Crippen LogP contribution in [0.4, 0.5) is 5.82 Å². The SMILES string of the molecule is Cc1ccccc1CN(C)c1ncccc1[C@@H](C)N. The molecule has 0 bridgehead atoms. The molecule has 2 rings (SSSR count). The van der Waals surface area contributed by atoms with Gasteiger partial charge in [0.15, 0.2) is 0 Å². The van der Waals surface area contributed by atoms with Crippen LogP contribution in [-0.2, 0) is 6.54 Å². The van der Waals surface area contributed by atoms with Gasteiger partial charge in [-0.1, -0.05) is 30.3 Å². The Morgan fingerprint density at radius 1 is 1.21 bits per heavy atom. The molecule has 0 spiro atoms. The second-order valence-corrected chi connectivity index (χ2v) is 4.99. The van der Waals surface area contributed by atoms with Gasteiger partial charge in [-0.15, -0.1) is 0 Å². The van der Waals surface area contributed by atoms with Crippen LogP contribution in [0.2, 0.25) is 0 Å². The Balaban J connectivity index is 2.26. The fourth-order valence-electron chi connectivity index (χ4n) is 2.20. The monoisotopic (exact) mass is 255 g/mol. The average molecular weight is 255 g/mol. The van der Waals surface area contributed by atoms with Crippen LogP contribution in [0.5, 0.6) is 0 Å². The maximum Gasteiger partial charge on any atom is 0.133 e. The van der Waals surface area contributed by atoms with Crippen LogP contribution in [-0.4, -0.2) is 12.0 Å². The normalized spacial score (nSPS) is 12.2. The van der Waals surface area contributed by atoms with Crippen LogP contribution < -0.4 is 10.6 Å². The molecule has 2 N–H and O–H groups in total. The summed E-state index contributed by atoms with van der Waals surface area (Å²) in [6.07, 6.45) is 1.82. The van der Waals surface area contributed by atoms with Crippen LogP contribution in [0.1, 0.15) is 29.7 Å². The molecule has 0 saturated carbocycles. The lowest BCUT2D eigenvalue weighted by atomic mass is 10.1. The molecule has 1 atom stereocenters. The van der Waals surface area contributed by atoms with Crippen LogP contribution in [0, 0.1) is 6.92 Å². The Kier molecular flexibility index (Phi) is 4.17. The first-order chi connectivity index (χ1) is 9.09. The molecule has 0 unspecified atom stereocenters. The van der Waals surface area contributed by atoms with Gasteiger partial charge in [-0.2, -0.15) is 0 Å². The zero-order chi connectivity index (χ0) is 13.8. The first-order valence-corrected chi connectivity index (χ1v) is 6.55. The molecule has 3 heteroatoms. The van der Waals surface area contributed by atoms with Crippen molar-refractivity contribution in [1.82, 2.24) is 4.98 Å². The molecule has 3 nitrogen and oxygen atoms in total. The van der Waals surface area contributed by atoms with Gasteiger partial charge in [-0.3, -0.25) is 0 Å². The molecule has 1 heterocycles. The minimum absolute atomic E-state index is 0.0111. The van der Waals surface area contributed by atoms with Gasteiger partial charge in [0, 0.05) is 31.4 Å². The van der Waals surface area contributed by atoms with E-state index < -0.39 is 0 Å². The number of hydrogen-bond acceptors (Lipinski definition) is 3. The number of anilines is 1. The van der Waals surface area contributed by atoms with E-state index in [1.54, 1.807) is 0 Å². The van der Waals surface area contributed by atoms with Crippen molar-refractivity contribution in [3.05, 3.63) is 59.3 Å². The van der Waals surface area contributed by atoms with Crippen molar-refractivity contribution < 1.29 is 0 Å². The van der Waals surface area contributed by atoms with Crippen LogP contribution in [0.3, 0.4) is 0 Å². The van der Waals surface area contributed by atoms with Crippen molar-refractivity contribution in [3.63, 3.8) is 0 Å². The first kappa shape index (κ1) is 13.6. The van der Waals surface area contributed by atoms with Crippen LogP contribution in [0.15, 0.2) is 42.6 Å². The van der Waals surface area contributed by atoms with E-state index in [4.69, 9.17) is 5.73 Å². The van der Waals surface area contributed by atoms with E-state index in [1.807, 2.05) is 25.3 Å². The van der Waals surface area contributed by atoms with Gasteiger partial charge in [-0.05, 0) is 31.0 Å². The summed E-state index contributed by atoms with van der Waals surface area (Å²) < 4.78 is 0. The van der Waals surface area contributed by atoms with Gasteiger partial charge in [0.2, 0.25) is 0 Å². The highest BCUT2D eigenvalue weighted by molar-refractivity contribution is 5.48. The lowest BCUT2D eigenvalue weighted by Crippen LogP contribution is -2.21. The molecule has 0 amide bonds. The standard InChI is InChI=1S/C16H21N3/c1-12-7-4-5-8-14(12)11-19(3)16-15(13(2)17)9-6-10-18-16/h4-10,13H,11,17H2,1-3H3/t13-/m1/s1. The Morgan fingerprint density at radius 2 is 1.95 bits per heavy atom. The smallest absolute Gasteiger partial charge is 0.133 e. The Labute approximate surface area is 115 Å². The molecule has 2 aromatic rings. The Morgan fingerprint density at radius 3 is 2.63 bits per heavy atom. The minimum Gasteiger partial charge on any atom is -0.355 e. The summed E-state index contributed by atoms with van der Waals surface area (Å²) in [6, 6.07) is 12.4. The van der Waals surface area contributed by atoms with Crippen molar-refractivity contribution in [2.24, 2.45) is 5.73 Å². The van der Waals surface area contributed by atoms with E-state index in [2.05, 4.69) is 48.1 Å². The Bertz CT molecular complexity index is 549. The maximum absolute atomic E-state index is 6.01. The van der Waals surface area contributed by atoms with E-state index >= 15 is 0 Å². The quantitative estimate of drug-likeness (QED) is 0.913. The number of hydrogen-bond donors (Lipinski definition) is 1. The maximum atomic E-state index is 6.01. The van der Waals surface area contributed by atoms with Crippen LogP contribution >= 0.6 is 0 Å². The van der Waals surface area contributed by atoms with Gasteiger partial charge in [0.05, 0.1) is 0 Å². The predicted octanol–water partition coefficient (Wildman–Crippen LogP) is 3.05. The highest BCUT2D eigenvalue weighted by Crippen LogP contribution is 2.23. The van der Waals surface area contributed by atoms with Crippen molar-refractivity contribution in [3.8, 4) is 0 Å². The van der Waals surface area contributed by atoms with E-state index in [1.165, 1.54) is 11.1 Å². The first-order valence-electron chi connectivity index (χ1n) is 6.55. The highest BCUT2D eigenvalue weighted by atomic mass is 15.2. The third-order valence-electron chi connectivity index (χ3n) is 3.34. The number of pyridine rings is 1. The molecule has 0 aliphatic rings. The molecule has 19 heavy (non-hydrogen) atoms. The van der Waals surface area contributed by atoms with Crippen molar-refractivity contribution in [1.29, 1.82) is 0 Å². The van der Waals surface area contributed by atoms with Crippen LogP contribution in [0.25, 0.3) is 0 Å². The highest BCUT2D eigenvalue weighted by Gasteiger charge is 2.12. The summed E-state index contributed by atoms with van der Waals surface area (Å²) in [5, 5.41) is 0. The predicted molar refractivity (Wildman–Crippen MR) is 80.1 cm³/mol. The van der Waals surface area contributed by atoms with Crippen molar-refractivity contribution in [2.45, 2.75) is 26.4 Å². The number of aromatic nitrogens is 1. The van der Waals surface area contributed by atoms with Gasteiger partial charge in [0.1, 0.15) is 5.82 Å². The fourth-order valence-corrected chi connectivity index (χ4v) is 2.20. The number of benzene rings is 1. The molecule has 0 aliphatic heterocycles. The summed E-state index contributed by atoms with van der Waals surface area (Å²) in [5.41, 5.74) is 9.70. The lowest BCUT2D eigenvalue weighted by Gasteiger charge is -2.23. The number of rotatable bonds is 4. The third-order valence-corrected chi connectivity index (χ3v) is 3.34. The average Bonchev–Trinajstić information content (AvgIpc) is 2.41. The molecular formula is C16H21N3. The summed E-state index contributed by atoms with van der Waals surface area (Å²) in [7, 11) is 2.06. The molecule has 0 saturated heterocycles.